The molecule has 1 N–H and O–H groups in total. The lowest BCUT2D eigenvalue weighted by atomic mass is 10.2. The molecule has 29 heavy (non-hydrogen) atoms. The normalized spacial score (nSPS) is 15.3. The molecule has 0 radical (unpaired) electrons. The fraction of sp³-hybridized carbons (Fsp3) is 0.381. The van der Waals surface area contributed by atoms with Gasteiger partial charge in [0.05, 0.1) is 12.0 Å². The van der Waals surface area contributed by atoms with Crippen LogP contribution in [0.5, 0.6) is 11.5 Å². The van der Waals surface area contributed by atoms with Gasteiger partial charge in [-0.05, 0) is 55.3 Å². The average Bonchev–Trinajstić information content (AvgIpc) is 3.03. The lowest BCUT2D eigenvalue weighted by Crippen LogP contribution is -2.32. The van der Waals surface area contributed by atoms with Gasteiger partial charge in [0.1, 0.15) is 11.5 Å². The van der Waals surface area contributed by atoms with Crippen molar-refractivity contribution in [2.45, 2.75) is 30.6 Å². The van der Waals surface area contributed by atoms with Crippen LogP contribution in [0, 0.1) is 0 Å². The largest absolute Gasteiger partial charge is 0.497 e. The molecule has 0 unspecified atom stereocenters. The number of hydrogen-bond donors (Lipinski definition) is 1. The van der Waals surface area contributed by atoms with Crippen LogP contribution in [0.3, 0.4) is 0 Å². The van der Waals surface area contributed by atoms with Crippen LogP contribution >= 0.6 is 0 Å². The molecular weight excluding hydrogens is 392 g/mol. The van der Waals surface area contributed by atoms with E-state index in [-0.39, 0.29) is 17.4 Å². The van der Waals surface area contributed by atoms with Gasteiger partial charge in [-0.2, -0.15) is 4.31 Å². The minimum atomic E-state index is -3.57. The molecule has 1 saturated heterocycles. The molecule has 8 heteroatoms. The van der Waals surface area contributed by atoms with Gasteiger partial charge in [0, 0.05) is 18.8 Å². The first-order valence-electron chi connectivity index (χ1n) is 9.66. The molecule has 1 aliphatic rings. The number of hydrogen-bond acceptors (Lipinski definition) is 5. The van der Waals surface area contributed by atoms with Crippen molar-refractivity contribution in [2.75, 3.05) is 32.1 Å². The minimum absolute atomic E-state index is 0.185. The van der Waals surface area contributed by atoms with Crippen molar-refractivity contribution in [3.05, 3.63) is 48.5 Å². The van der Waals surface area contributed by atoms with Gasteiger partial charge in [-0.15, -0.1) is 0 Å². The second kappa shape index (κ2) is 9.76. The lowest BCUT2D eigenvalue weighted by molar-refractivity contribution is -0.118. The molecule has 0 spiro atoms. The molecule has 1 amide bonds. The molecular formula is C21H26N2O5S. The van der Waals surface area contributed by atoms with Crippen molar-refractivity contribution >= 4 is 21.6 Å². The summed E-state index contributed by atoms with van der Waals surface area (Å²) in [5.41, 5.74) is 0.421. The third kappa shape index (κ3) is 5.71. The molecule has 1 heterocycles. The topological polar surface area (TPSA) is 84.9 Å². The first-order chi connectivity index (χ1) is 14.0. The minimum Gasteiger partial charge on any atom is -0.497 e. The number of carbonyl (C=O) groups excluding carboxylic acids is 1. The Morgan fingerprint density at radius 3 is 2.31 bits per heavy atom. The highest BCUT2D eigenvalue weighted by atomic mass is 32.2. The van der Waals surface area contributed by atoms with Crippen LogP contribution < -0.4 is 14.8 Å². The fourth-order valence-electron chi connectivity index (χ4n) is 3.18. The van der Waals surface area contributed by atoms with Crippen LogP contribution in [0.2, 0.25) is 0 Å². The second-order valence-electron chi connectivity index (χ2n) is 6.86. The van der Waals surface area contributed by atoms with E-state index in [1.807, 2.05) is 0 Å². The van der Waals surface area contributed by atoms with Gasteiger partial charge in [0.15, 0.2) is 6.61 Å². The van der Waals surface area contributed by atoms with Crippen molar-refractivity contribution in [3.8, 4) is 11.5 Å². The summed E-state index contributed by atoms with van der Waals surface area (Å²) in [4.78, 5) is 12.4. The number of methoxy groups -OCH3 is 1. The SMILES string of the molecule is COc1ccc(OCC(=O)Nc2cccc(S(=O)(=O)N3CCCCCC3)c2)cc1. The smallest absolute Gasteiger partial charge is 0.262 e. The highest BCUT2D eigenvalue weighted by molar-refractivity contribution is 7.89. The molecule has 0 atom stereocenters. The van der Waals surface area contributed by atoms with Crippen LogP contribution in [0.4, 0.5) is 5.69 Å². The Balaban J connectivity index is 1.61. The maximum atomic E-state index is 12.9. The standard InChI is InChI=1S/C21H26N2O5S/c1-27-18-9-11-19(12-10-18)28-16-21(24)22-17-7-6-8-20(15-17)29(25,26)23-13-4-2-3-5-14-23/h6-12,15H,2-5,13-14,16H2,1H3,(H,22,24). The van der Waals surface area contributed by atoms with Crippen LogP contribution in [0.25, 0.3) is 0 Å². The summed E-state index contributed by atoms with van der Waals surface area (Å²) in [6.45, 7) is 0.888. The summed E-state index contributed by atoms with van der Waals surface area (Å²) in [5, 5.41) is 2.69. The predicted molar refractivity (Wildman–Crippen MR) is 111 cm³/mol. The molecule has 156 valence electrons. The molecule has 1 fully saturated rings. The summed E-state index contributed by atoms with van der Waals surface area (Å²) >= 11 is 0. The Hall–Kier alpha value is -2.58. The predicted octanol–water partition coefficient (Wildman–Crippen LogP) is 3.28. The summed E-state index contributed by atoms with van der Waals surface area (Å²) < 4.78 is 37.9. The van der Waals surface area contributed by atoms with E-state index >= 15 is 0 Å². The number of carbonyl (C=O) groups is 1. The van der Waals surface area contributed by atoms with Gasteiger partial charge in [-0.1, -0.05) is 18.9 Å². The van der Waals surface area contributed by atoms with E-state index in [0.29, 0.717) is 30.3 Å². The van der Waals surface area contributed by atoms with E-state index in [2.05, 4.69) is 5.32 Å². The number of benzene rings is 2. The van der Waals surface area contributed by atoms with Gasteiger partial charge in [-0.3, -0.25) is 4.79 Å². The van der Waals surface area contributed by atoms with Gasteiger partial charge < -0.3 is 14.8 Å². The van der Waals surface area contributed by atoms with Crippen LogP contribution in [0.1, 0.15) is 25.7 Å². The van der Waals surface area contributed by atoms with E-state index in [0.717, 1.165) is 25.7 Å². The maximum absolute atomic E-state index is 12.9. The maximum Gasteiger partial charge on any atom is 0.262 e. The van der Waals surface area contributed by atoms with Crippen LogP contribution in [-0.4, -0.2) is 45.4 Å². The number of amides is 1. The first-order valence-corrected chi connectivity index (χ1v) is 11.1. The fourth-order valence-corrected chi connectivity index (χ4v) is 4.75. The molecule has 0 bridgehead atoms. The zero-order chi connectivity index (χ0) is 20.7. The molecule has 7 nitrogen and oxygen atoms in total. The van der Waals surface area contributed by atoms with E-state index in [9.17, 15) is 13.2 Å². The highest BCUT2D eigenvalue weighted by Crippen LogP contribution is 2.23. The molecule has 1 aliphatic heterocycles. The summed E-state index contributed by atoms with van der Waals surface area (Å²) in [5.74, 6) is 0.868. The number of nitrogens with zero attached hydrogens (tertiary/aromatic N) is 1. The van der Waals surface area contributed by atoms with Gasteiger partial charge in [0.2, 0.25) is 10.0 Å². The Morgan fingerprint density at radius 2 is 1.66 bits per heavy atom. The van der Waals surface area contributed by atoms with Crippen molar-refractivity contribution in [3.63, 3.8) is 0 Å². The second-order valence-corrected chi connectivity index (χ2v) is 8.80. The quantitative estimate of drug-likeness (QED) is 0.746. The zero-order valence-corrected chi connectivity index (χ0v) is 17.3. The van der Waals surface area contributed by atoms with Gasteiger partial charge in [0.25, 0.3) is 5.91 Å². The van der Waals surface area contributed by atoms with Crippen molar-refractivity contribution < 1.29 is 22.7 Å². The van der Waals surface area contributed by atoms with E-state index in [1.165, 1.54) is 10.4 Å². The van der Waals surface area contributed by atoms with E-state index < -0.39 is 10.0 Å². The molecule has 0 aliphatic carbocycles. The lowest BCUT2D eigenvalue weighted by Gasteiger charge is -2.20. The molecule has 2 aromatic carbocycles. The Bertz CT molecular complexity index is 920. The molecule has 2 aromatic rings. The van der Waals surface area contributed by atoms with Gasteiger partial charge in [-0.25, -0.2) is 8.42 Å². The van der Waals surface area contributed by atoms with Crippen molar-refractivity contribution in [1.29, 1.82) is 0 Å². The Morgan fingerprint density at radius 1 is 1.00 bits per heavy atom. The summed E-state index contributed by atoms with van der Waals surface area (Å²) in [6, 6.07) is 13.2. The third-order valence-electron chi connectivity index (χ3n) is 4.75. The van der Waals surface area contributed by atoms with Crippen molar-refractivity contribution in [2.24, 2.45) is 0 Å². The van der Waals surface area contributed by atoms with E-state index in [4.69, 9.17) is 9.47 Å². The summed E-state index contributed by atoms with van der Waals surface area (Å²) in [7, 11) is -1.99. The van der Waals surface area contributed by atoms with Crippen LogP contribution in [0.15, 0.2) is 53.4 Å². The summed E-state index contributed by atoms with van der Waals surface area (Å²) in [6.07, 6.45) is 3.85. The van der Waals surface area contributed by atoms with Crippen LogP contribution in [-0.2, 0) is 14.8 Å². The molecule has 0 aromatic heterocycles. The zero-order valence-electron chi connectivity index (χ0n) is 16.5. The monoisotopic (exact) mass is 418 g/mol. The van der Waals surface area contributed by atoms with E-state index in [1.54, 1.807) is 49.6 Å². The Kier molecular flexibility index (Phi) is 7.11. The molecule has 3 rings (SSSR count). The molecule has 0 saturated carbocycles. The number of sulfonamides is 1. The van der Waals surface area contributed by atoms with Crippen molar-refractivity contribution in [1.82, 2.24) is 4.31 Å². The third-order valence-corrected chi connectivity index (χ3v) is 6.64. The number of ether oxygens (including phenoxy) is 2. The number of rotatable bonds is 7. The number of nitrogens with one attached hydrogen (secondary N) is 1. The van der Waals surface area contributed by atoms with Gasteiger partial charge >= 0.3 is 0 Å². The highest BCUT2D eigenvalue weighted by Gasteiger charge is 2.25. The number of anilines is 1. The first kappa shape index (κ1) is 21.1. The Labute approximate surface area is 171 Å². The average molecular weight is 419 g/mol.